The molecule has 0 saturated carbocycles. The zero-order valence-corrected chi connectivity index (χ0v) is 13.6. The van der Waals surface area contributed by atoms with Gasteiger partial charge in [-0.1, -0.05) is 24.3 Å². The number of nitrogens with one attached hydrogen (secondary N) is 1. The molecule has 1 amide bonds. The van der Waals surface area contributed by atoms with E-state index in [0.717, 1.165) is 33.0 Å². The van der Waals surface area contributed by atoms with Gasteiger partial charge in [0.15, 0.2) is 0 Å². The number of aromatic nitrogens is 1. The summed E-state index contributed by atoms with van der Waals surface area (Å²) in [5.41, 5.74) is 3.47. The minimum absolute atomic E-state index is 0.0808. The fourth-order valence-electron chi connectivity index (χ4n) is 3.26. The van der Waals surface area contributed by atoms with E-state index < -0.39 is 7.12 Å². The number of benzene rings is 2. The molecule has 0 aliphatic carbocycles. The summed E-state index contributed by atoms with van der Waals surface area (Å²) < 4.78 is 5.25. The van der Waals surface area contributed by atoms with E-state index in [4.69, 9.17) is 4.65 Å². The van der Waals surface area contributed by atoms with E-state index in [0.29, 0.717) is 13.0 Å². The Hall–Kier alpha value is -2.70. The molecule has 0 unspecified atom stereocenters. The first-order valence-electron chi connectivity index (χ1n) is 8.25. The fourth-order valence-corrected chi connectivity index (χ4v) is 3.26. The topological polar surface area (TPSA) is 71.5 Å². The van der Waals surface area contributed by atoms with Crippen LogP contribution in [0.1, 0.15) is 11.1 Å². The van der Waals surface area contributed by atoms with Crippen molar-refractivity contribution >= 4 is 34.9 Å². The van der Waals surface area contributed by atoms with Gasteiger partial charge in [0, 0.05) is 30.1 Å². The van der Waals surface area contributed by atoms with Gasteiger partial charge in [-0.25, -0.2) is 0 Å². The Balaban J connectivity index is 1.53. The molecule has 1 aliphatic rings. The molecule has 6 heteroatoms. The number of carbonyl (C=O) groups is 1. The van der Waals surface area contributed by atoms with Gasteiger partial charge in [-0.3, -0.25) is 9.78 Å². The fraction of sp³-hybridized carbons (Fsp3) is 0.158. The third-order valence-electron chi connectivity index (χ3n) is 4.48. The predicted octanol–water partition coefficient (Wildman–Crippen LogP) is 1.68. The Morgan fingerprint density at radius 1 is 1.24 bits per heavy atom. The van der Waals surface area contributed by atoms with E-state index >= 15 is 0 Å². The van der Waals surface area contributed by atoms with Gasteiger partial charge >= 0.3 is 7.12 Å². The molecular weight excluding hydrogens is 315 g/mol. The lowest BCUT2D eigenvalue weighted by Gasteiger charge is -2.21. The number of hydrogen-bond donors (Lipinski definition) is 2. The van der Waals surface area contributed by atoms with Crippen molar-refractivity contribution in [3.05, 3.63) is 66.0 Å². The van der Waals surface area contributed by atoms with Gasteiger partial charge in [0.25, 0.3) is 0 Å². The summed E-state index contributed by atoms with van der Waals surface area (Å²) in [4.78, 5) is 16.6. The van der Waals surface area contributed by atoms with Crippen molar-refractivity contribution in [3.63, 3.8) is 0 Å². The number of anilines is 1. The van der Waals surface area contributed by atoms with Crippen molar-refractivity contribution in [1.82, 2.24) is 4.98 Å². The molecule has 0 fully saturated rings. The number of fused-ring (bicyclic) bond motifs is 2. The van der Waals surface area contributed by atoms with Gasteiger partial charge in [-0.15, -0.1) is 0 Å². The molecule has 2 aromatic carbocycles. The molecule has 0 saturated heterocycles. The first-order chi connectivity index (χ1) is 12.2. The highest BCUT2D eigenvalue weighted by atomic mass is 16.5. The molecule has 124 valence electrons. The van der Waals surface area contributed by atoms with E-state index in [-0.39, 0.29) is 12.3 Å². The normalized spacial score (nSPS) is 13.6. The van der Waals surface area contributed by atoms with Crippen molar-refractivity contribution in [1.29, 1.82) is 0 Å². The van der Waals surface area contributed by atoms with Crippen LogP contribution in [0.3, 0.4) is 0 Å². The van der Waals surface area contributed by atoms with Crippen LogP contribution in [0.25, 0.3) is 10.8 Å². The first-order valence-corrected chi connectivity index (χ1v) is 8.25. The number of nitrogens with zero attached hydrogens (tertiary/aromatic N) is 1. The molecule has 5 nitrogen and oxygen atoms in total. The van der Waals surface area contributed by atoms with Crippen LogP contribution < -0.4 is 10.8 Å². The van der Waals surface area contributed by atoms with Gasteiger partial charge in [0.2, 0.25) is 5.91 Å². The van der Waals surface area contributed by atoms with Crippen LogP contribution in [0.4, 0.5) is 5.69 Å². The molecule has 4 rings (SSSR count). The summed E-state index contributed by atoms with van der Waals surface area (Å²) in [7, 11) is -0.902. The first kappa shape index (κ1) is 15.8. The molecule has 1 aliphatic heterocycles. The van der Waals surface area contributed by atoms with Gasteiger partial charge < -0.3 is 15.0 Å². The molecule has 1 aromatic heterocycles. The standard InChI is InChI=1S/C19H17BN2O3/c23-19(22-16-5-4-15-12-21-8-6-13(15)10-16)11-14-2-1-3-18-17(14)7-9-25-20(18)24/h1-6,8,10,12,24H,7,9,11H2,(H,22,23). The SMILES string of the molecule is O=C(Cc1cccc2c1CCOB2O)Nc1ccc2cnccc2c1. The van der Waals surface area contributed by atoms with E-state index in [1.807, 2.05) is 42.5 Å². The number of carbonyl (C=O) groups excluding carboxylic acids is 1. The van der Waals surface area contributed by atoms with E-state index in [1.165, 1.54) is 0 Å². The Kier molecular flexibility index (Phi) is 4.21. The van der Waals surface area contributed by atoms with Crippen LogP contribution in [0, 0.1) is 0 Å². The van der Waals surface area contributed by atoms with Crippen molar-refractivity contribution in [3.8, 4) is 0 Å². The van der Waals surface area contributed by atoms with Crippen LogP contribution in [0.15, 0.2) is 54.9 Å². The molecule has 0 radical (unpaired) electrons. The summed E-state index contributed by atoms with van der Waals surface area (Å²) in [5, 5.41) is 14.9. The number of amides is 1. The molecule has 0 atom stereocenters. The second-order valence-electron chi connectivity index (χ2n) is 6.12. The second-order valence-corrected chi connectivity index (χ2v) is 6.12. The average Bonchev–Trinajstić information content (AvgIpc) is 2.62. The van der Waals surface area contributed by atoms with Gasteiger partial charge in [0.1, 0.15) is 0 Å². The summed E-state index contributed by atoms with van der Waals surface area (Å²) in [6, 6.07) is 13.3. The number of rotatable bonds is 3. The third-order valence-corrected chi connectivity index (χ3v) is 4.48. The zero-order chi connectivity index (χ0) is 17.2. The molecule has 2 heterocycles. The minimum Gasteiger partial charge on any atom is -0.423 e. The molecule has 0 spiro atoms. The highest BCUT2D eigenvalue weighted by Gasteiger charge is 2.26. The third kappa shape index (κ3) is 3.27. The lowest BCUT2D eigenvalue weighted by molar-refractivity contribution is -0.115. The Morgan fingerprint density at radius 3 is 3.08 bits per heavy atom. The van der Waals surface area contributed by atoms with Gasteiger partial charge in [-0.05, 0) is 46.6 Å². The number of pyridine rings is 1. The highest BCUT2D eigenvalue weighted by molar-refractivity contribution is 6.60. The quantitative estimate of drug-likeness (QED) is 0.716. The molecule has 3 aromatic rings. The Labute approximate surface area is 145 Å². The molecule has 2 N–H and O–H groups in total. The van der Waals surface area contributed by atoms with Gasteiger partial charge in [0.05, 0.1) is 6.42 Å². The monoisotopic (exact) mass is 332 g/mol. The molecule has 25 heavy (non-hydrogen) atoms. The lowest BCUT2D eigenvalue weighted by atomic mass is 9.72. The summed E-state index contributed by atoms with van der Waals surface area (Å²) in [6.45, 7) is 0.464. The van der Waals surface area contributed by atoms with E-state index in [1.54, 1.807) is 12.4 Å². The van der Waals surface area contributed by atoms with Crippen molar-refractivity contribution in [2.24, 2.45) is 0 Å². The minimum atomic E-state index is -0.902. The number of hydrogen-bond acceptors (Lipinski definition) is 4. The molecule has 0 bridgehead atoms. The van der Waals surface area contributed by atoms with Crippen LogP contribution >= 0.6 is 0 Å². The Morgan fingerprint density at radius 2 is 2.16 bits per heavy atom. The van der Waals surface area contributed by atoms with E-state index in [9.17, 15) is 9.82 Å². The van der Waals surface area contributed by atoms with Gasteiger partial charge in [-0.2, -0.15) is 0 Å². The maximum absolute atomic E-state index is 12.5. The highest BCUT2D eigenvalue weighted by Crippen LogP contribution is 2.19. The summed E-state index contributed by atoms with van der Waals surface area (Å²) >= 11 is 0. The molecular formula is C19H17BN2O3. The van der Waals surface area contributed by atoms with Crippen LogP contribution in [0.2, 0.25) is 0 Å². The zero-order valence-electron chi connectivity index (χ0n) is 13.6. The van der Waals surface area contributed by atoms with Crippen molar-refractivity contribution in [2.45, 2.75) is 12.8 Å². The summed E-state index contributed by atoms with van der Waals surface area (Å²) in [6.07, 6.45) is 4.51. The van der Waals surface area contributed by atoms with Crippen LogP contribution in [0.5, 0.6) is 0 Å². The van der Waals surface area contributed by atoms with Crippen molar-refractivity contribution < 1.29 is 14.5 Å². The van der Waals surface area contributed by atoms with Crippen LogP contribution in [-0.4, -0.2) is 29.6 Å². The Bertz CT molecular complexity index is 945. The largest absolute Gasteiger partial charge is 0.491 e. The maximum atomic E-state index is 12.5. The average molecular weight is 332 g/mol. The smallest absolute Gasteiger partial charge is 0.423 e. The second kappa shape index (κ2) is 6.66. The lowest BCUT2D eigenvalue weighted by Crippen LogP contribution is -2.42. The van der Waals surface area contributed by atoms with Crippen molar-refractivity contribution in [2.75, 3.05) is 11.9 Å². The predicted molar refractivity (Wildman–Crippen MR) is 97.8 cm³/mol. The van der Waals surface area contributed by atoms with Crippen LogP contribution in [-0.2, 0) is 22.3 Å². The summed E-state index contributed by atoms with van der Waals surface area (Å²) in [5.74, 6) is -0.0808. The maximum Gasteiger partial charge on any atom is 0.491 e. The van der Waals surface area contributed by atoms with E-state index in [2.05, 4.69) is 10.3 Å².